The van der Waals surface area contributed by atoms with Gasteiger partial charge in [-0.1, -0.05) is 20.8 Å². The van der Waals surface area contributed by atoms with E-state index in [2.05, 4.69) is 51.9 Å². The maximum Gasteiger partial charge on any atom is 0.0251 e. The predicted octanol–water partition coefficient (Wildman–Crippen LogP) is 3.52. The zero-order valence-electron chi connectivity index (χ0n) is 13.4. The zero-order valence-corrected chi connectivity index (χ0v) is 13.4. The molecule has 0 aromatic heterocycles. The van der Waals surface area contributed by atoms with Crippen LogP contribution in [0.5, 0.6) is 0 Å². The molecule has 1 aliphatic rings. The smallest absolute Gasteiger partial charge is 0.0251 e. The molecule has 0 amide bonds. The summed E-state index contributed by atoms with van der Waals surface area (Å²) in [6.45, 7) is 12.8. The van der Waals surface area contributed by atoms with Crippen LogP contribution in [0.1, 0.15) is 60.3 Å². The van der Waals surface area contributed by atoms with Crippen molar-refractivity contribution in [3.05, 3.63) is 0 Å². The molecule has 3 unspecified atom stereocenters. The van der Waals surface area contributed by atoms with Crippen LogP contribution in [0.15, 0.2) is 0 Å². The molecule has 0 aromatic carbocycles. The van der Waals surface area contributed by atoms with Gasteiger partial charge in [0.05, 0.1) is 0 Å². The number of likely N-dealkylation sites (N-methyl/N-ethyl adjacent to an activating group) is 1. The molecule has 1 fully saturated rings. The van der Waals surface area contributed by atoms with E-state index in [1.165, 1.54) is 32.2 Å². The van der Waals surface area contributed by atoms with Crippen LogP contribution in [-0.2, 0) is 0 Å². The first-order valence-electron chi connectivity index (χ1n) is 7.92. The van der Waals surface area contributed by atoms with Gasteiger partial charge in [-0.2, -0.15) is 0 Å². The standard InChI is InChI=1S/C16H34N2/c1-7-10-17-15-9-8-14(12(2)3)11-16(15)18(6)13(4)5/h12-17H,7-11H2,1-6H3. The second-order valence-electron chi connectivity index (χ2n) is 6.70. The van der Waals surface area contributed by atoms with Crippen molar-refractivity contribution >= 4 is 0 Å². The first kappa shape index (κ1) is 16.0. The molecule has 0 aromatic rings. The Labute approximate surface area is 115 Å². The second-order valence-corrected chi connectivity index (χ2v) is 6.70. The Morgan fingerprint density at radius 3 is 2.33 bits per heavy atom. The first-order valence-corrected chi connectivity index (χ1v) is 7.92. The van der Waals surface area contributed by atoms with Crippen LogP contribution < -0.4 is 5.32 Å². The normalized spacial score (nSPS) is 29.5. The van der Waals surface area contributed by atoms with Gasteiger partial charge in [0.15, 0.2) is 0 Å². The molecule has 108 valence electrons. The predicted molar refractivity (Wildman–Crippen MR) is 80.9 cm³/mol. The minimum Gasteiger partial charge on any atom is -0.312 e. The largest absolute Gasteiger partial charge is 0.312 e. The van der Waals surface area contributed by atoms with Gasteiger partial charge in [0.1, 0.15) is 0 Å². The van der Waals surface area contributed by atoms with E-state index in [9.17, 15) is 0 Å². The van der Waals surface area contributed by atoms with E-state index in [1.54, 1.807) is 0 Å². The molecule has 1 rings (SSSR count). The molecule has 1 aliphatic carbocycles. The van der Waals surface area contributed by atoms with Crippen molar-refractivity contribution < 1.29 is 0 Å². The minimum absolute atomic E-state index is 0.645. The quantitative estimate of drug-likeness (QED) is 0.780. The highest BCUT2D eigenvalue weighted by atomic mass is 15.2. The van der Waals surface area contributed by atoms with E-state index in [-0.39, 0.29) is 0 Å². The van der Waals surface area contributed by atoms with Crippen LogP contribution in [-0.4, -0.2) is 36.6 Å². The number of hydrogen-bond donors (Lipinski definition) is 1. The van der Waals surface area contributed by atoms with Gasteiger partial charge in [-0.3, -0.25) is 4.90 Å². The third kappa shape index (κ3) is 4.24. The second kappa shape index (κ2) is 7.49. The Morgan fingerprint density at radius 2 is 1.83 bits per heavy atom. The lowest BCUT2D eigenvalue weighted by Crippen LogP contribution is -2.54. The summed E-state index contributed by atoms with van der Waals surface area (Å²) in [7, 11) is 2.30. The summed E-state index contributed by atoms with van der Waals surface area (Å²) >= 11 is 0. The highest BCUT2D eigenvalue weighted by Gasteiger charge is 2.34. The summed E-state index contributed by atoms with van der Waals surface area (Å²) in [5.74, 6) is 1.75. The molecule has 3 atom stereocenters. The number of hydrogen-bond acceptors (Lipinski definition) is 2. The van der Waals surface area contributed by atoms with Crippen molar-refractivity contribution in [2.45, 2.75) is 78.4 Å². The Bertz CT molecular complexity index is 225. The Morgan fingerprint density at radius 1 is 1.17 bits per heavy atom. The Balaban J connectivity index is 2.66. The molecular weight excluding hydrogens is 220 g/mol. The Hall–Kier alpha value is -0.0800. The van der Waals surface area contributed by atoms with E-state index in [0.717, 1.165) is 17.9 Å². The third-order valence-electron chi connectivity index (χ3n) is 4.79. The summed E-state index contributed by atoms with van der Waals surface area (Å²) in [6.07, 6.45) is 5.36. The van der Waals surface area contributed by atoms with Gasteiger partial charge in [-0.15, -0.1) is 0 Å². The molecule has 18 heavy (non-hydrogen) atoms. The highest BCUT2D eigenvalue weighted by Crippen LogP contribution is 2.33. The van der Waals surface area contributed by atoms with Crippen LogP contribution in [0.4, 0.5) is 0 Å². The van der Waals surface area contributed by atoms with Crippen molar-refractivity contribution in [3.63, 3.8) is 0 Å². The van der Waals surface area contributed by atoms with Gasteiger partial charge >= 0.3 is 0 Å². The molecule has 0 saturated heterocycles. The van der Waals surface area contributed by atoms with Crippen molar-refractivity contribution in [2.24, 2.45) is 11.8 Å². The maximum absolute atomic E-state index is 3.77. The minimum atomic E-state index is 0.645. The van der Waals surface area contributed by atoms with E-state index >= 15 is 0 Å². The lowest BCUT2D eigenvalue weighted by Gasteiger charge is -2.44. The summed E-state index contributed by atoms with van der Waals surface area (Å²) in [5.41, 5.74) is 0. The molecule has 2 nitrogen and oxygen atoms in total. The van der Waals surface area contributed by atoms with Crippen LogP contribution in [0.25, 0.3) is 0 Å². The number of nitrogens with zero attached hydrogens (tertiary/aromatic N) is 1. The number of nitrogens with one attached hydrogen (secondary N) is 1. The number of rotatable bonds is 6. The lowest BCUT2D eigenvalue weighted by molar-refractivity contribution is 0.0819. The van der Waals surface area contributed by atoms with Crippen LogP contribution in [0.3, 0.4) is 0 Å². The molecule has 0 heterocycles. The van der Waals surface area contributed by atoms with E-state index in [1.807, 2.05) is 0 Å². The summed E-state index contributed by atoms with van der Waals surface area (Å²) < 4.78 is 0. The summed E-state index contributed by atoms with van der Waals surface area (Å²) in [4.78, 5) is 2.59. The monoisotopic (exact) mass is 254 g/mol. The molecule has 2 heteroatoms. The molecule has 0 radical (unpaired) electrons. The van der Waals surface area contributed by atoms with Gasteiger partial charge in [-0.05, 0) is 65.0 Å². The molecule has 1 N–H and O–H groups in total. The van der Waals surface area contributed by atoms with Crippen LogP contribution in [0.2, 0.25) is 0 Å². The van der Waals surface area contributed by atoms with Crippen molar-refractivity contribution in [1.82, 2.24) is 10.2 Å². The third-order valence-corrected chi connectivity index (χ3v) is 4.79. The highest BCUT2D eigenvalue weighted by molar-refractivity contribution is 4.91. The molecule has 0 spiro atoms. The van der Waals surface area contributed by atoms with E-state index in [0.29, 0.717) is 12.1 Å². The van der Waals surface area contributed by atoms with Gasteiger partial charge in [0, 0.05) is 18.1 Å². The molecule has 0 bridgehead atoms. The van der Waals surface area contributed by atoms with Gasteiger partial charge in [0.25, 0.3) is 0 Å². The summed E-state index contributed by atoms with van der Waals surface area (Å²) in [5, 5.41) is 3.77. The maximum atomic E-state index is 3.77. The van der Waals surface area contributed by atoms with Crippen LogP contribution in [0, 0.1) is 11.8 Å². The van der Waals surface area contributed by atoms with Gasteiger partial charge in [0.2, 0.25) is 0 Å². The molecule has 0 aliphatic heterocycles. The molecule has 1 saturated carbocycles. The fraction of sp³-hybridized carbons (Fsp3) is 1.00. The average molecular weight is 254 g/mol. The van der Waals surface area contributed by atoms with Crippen molar-refractivity contribution in [1.29, 1.82) is 0 Å². The van der Waals surface area contributed by atoms with Gasteiger partial charge < -0.3 is 5.32 Å². The topological polar surface area (TPSA) is 15.3 Å². The van der Waals surface area contributed by atoms with Crippen molar-refractivity contribution in [2.75, 3.05) is 13.6 Å². The fourth-order valence-electron chi connectivity index (χ4n) is 3.18. The first-order chi connectivity index (χ1) is 8.47. The van der Waals surface area contributed by atoms with E-state index in [4.69, 9.17) is 0 Å². The summed E-state index contributed by atoms with van der Waals surface area (Å²) in [6, 6.07) is 2.07. The Kier molecular flexibility index (Phi) is 6.65. The zero-order chi connectivity index (χ0) is 13.7. The van der Waals surface area contributed by atoms with Crippen LogP contribution >= 0.6 is 0 Å². The fourth-order valence-corrected chi connectivity index (χ4v) is 3.18. The van der Waals surface area contributed by atoms with Gasteiger partial charge in [-0.25, -0.2) is 0 Å². The average Bonchev–Trinajstić information content (AvgIpc) is 2.34. The lowest BCUT2D eigenvalue weighted by atomic mass is 9.76. The molecular formula is C16H34N2. The van der Waals surface area contributed by atoms with E-state index < -0.39 is 0 Å². The SMILES string of the molecule is CCCNC1CCC(C(C)C)CC1N(C)C(C)C. The van der Waals surface area contributed by atoms with Crippen molar-refractivity contribution in [3.8, 4) is 0 Å².